The molecule has 4 rings (SSSR count). The summed E-state index contributed by atoms with van der Waals surface area (Å²) < 4.78 is 0. The van der Waals surface area contributed by atoms with Crippen LogP contribution in [0.4, 0.5) is 0 Å². The number of aliphatic hydroxyl groups is 2. The van der Waals surface area contributed by atoms with Crippen LogP contribution in [0.25, 0.3) is 0 Å². The Morgan fingerprint density at radius 1 is 1.16 bits per heavy atom. The number of rotatable bonds is 4. The molecule has 0 aromatic carbocycles. The maximum Gasteiger partial charge on any atom is 0.261 e. The van der Waals surface area contributed by atoms with Gasteiger partial charge >= 0.3 is 0 Å². The van der Waals surface area contributed by atoms with E-state index in [0.29, 0.717) is 17.8 Å². The SMILES string of the molecule is CN=C(C[N+](=O)[O-])N/N=C/[C@H]1CC[C@]2(O)[C@@H]3CC[C@@H]4C[C@@H](O)CC[C@]4(C)[C@H]3CC[C@]12C. The van der Waals surface area contributed by atoms with Crippen LogP contribution in [0.1, 0.15) is 71.6 Å². The lowest BCUT2D eigenvalue weighted by Gasteiger charge is -2.63. The Morgan fingerprint density at radius 3 is 2.65 bits per heavy atom. The molecule has 0 aromatic rings. The van der Waals surface area contributed by atoms with E-state index < -0.39 is 10.5 Å². The van der Waals surface area contributed by atoms with Gasteiger partial charge in [-0.25, -0.2) is 0 Å². The fraction of sp³-hybridized carbons (Fsp3) is 0.913. The van der Waals surface area contributed by atoms with Crippen LogP contribution in [0.15, 0.2) is 10.1 Å². The van der Waals surface area contributed by atoms with E-state index in [1.807, 2.05) is 6.21 Å². The zero-order chi connectivity index (χ0) is 22.4. The number of nitro groups is 1. The van der Waals surface area contributed by atoms with E-state index in [0.717, 1.165) is 57.8 Å². The van der Waals surface area contributed by atoms with Crippen LogP contribution in [-0.4, -0.2) is 52.5 Å². The zero-order valence-corrected chi connectivity index (χ0v) is 19.1. The minimum absolute atomic E-state index is 0.137. The topological polar surface area (TPSA) is 120 Å². The number of fused-ring (bicyclic) bond motifs is 5. The Hall–Kier alpha value is -1.54. The Bertz CT molecular complexity index is 773. The Balaban J connectivity index is 1.51. The van der Waals surface area contributed by atoms with Gasteiger partial charge in [-0.05, 0) is 81.0 Å². The lowest BCUT2D eigenvalue weighted by atomic mass is 9.43. The van der Waals surface area contributed by atoms with Crippen LogP contribution >= 0.6 is 0 Å². The van der Waals surface area contributed by atoms with E-state index >= 15 is 0 Å². The number of nitrogens with zero attached hydrogens (tertiary/aromatic N) is 3. The third kappa shape index (κ3) is 3.59. The fourth-order valence-corrected chi connectivity index (χ4v) is 7.96. The normalized spacial score (nSPS) is 47.5. The number of hydrogen-bond acceptors (Lipinski definition) is 6. The average molecular weight is 435 g/mol. The van der Waals surface area contributed by atoms with Gasteiger partial charge in [0, 0.05) is 29.5 Å². The summed E-state index contributed by atoms with van der Waals surface area (Å²) >= 11 is 0. The highest BCUT2D eigenvalue weighted by atomic mass is 16.6. The van der Waals surface area contributed by atoms with E-state index in [4.69, 9.17) is 0 Å². The molecule has 31 heavy (non-hydrogen) atoms. The van der Waals surface area contributed by atoms with Gasteiger partial charge in [0.1, 0.15) is 0 Å². The summed E-state index contributed by atoms with van der Waals surface area (Å²) in [5.74, 6) is 1.76. The molecule has 0 aliphatic heterocycles. The molecule has 0 amide bonds. The monoisotopic (exact) mass is 434 g/mol. The summed E-state index contributed by atoms with van der Waals surface area (Å²) in [5, 5.41) is 37.3. The van der Waals surface area contributed by atoms with Gasteiger partial charge in [-0.15, -0.1) is 0 Å². The highest BCUT2D eigenvalue weighted by Gasteiger charge is 2.66. The smallest absolute Gasteiger partial charge is 0.261 e. The molecule has 0 spiro atoms. The summed E-state index contributed by atoms with van der Waals surface area (Å²) in [5.41, 5.74) is 2.03. The first-order chi connectivity index (χ1) is 14.6. The third-order valence-corrected chi connectivity index (χ3v) is 9.89. The first-order valence-electron chi connectivity index (χ1n) is 11.9. The van der Waals surface area contributed by atoms with Gasteiger partial charge in [0.05, 0.1) is 11.7 Å². The maximum absolute atomic E-state index is 12.1. The Morgan fingerprint density at radius 2 is 1.94 bits per heavy atom. The molecule has 0 unspecified atom stereocenters. The number of hydrazone groups is 1. The number of nitrogens with one attached hydrogen (secondary N) is 1. The molecule has 174 valence electrons. The lowest BCUT2D eigenvalue weighted by Crippen LogP contribution is -2.62. The molecule has 4 saturated carbocycles. The highest BCUT2D eigenvalue weighted by Crippen LogP contribution is 2.68. The van der Waals surface area contributed by atoms with Gasteiger partial charge in [-0.3, -0.25) is 20.5 Å². The van der Waals surface area contributed by atoms with Gasteiger partial charge in [0.15, 0.2) is 5.84 Å². The lowest BCUT2D eigenvalue weighted by molar-refractivity contribution is -0.463. The van der Waals surface area contributed by atoms with E-state index in [2.05, 4.69) is 29.4 Å². The molecule has 8 atom stereocenters. The predicted molar refractivity (Wildman–Crippen MR) is 120 cm³/mol. The molecule has 8 nitrogen and oxygen atoms in total. The van der Waals surface area contributed by atoms with E-state index in [1.165, 1.54) is 7.05 Å². The summed E-state index contributed by atoms with van der Waals surface area (Å²) in [6, 6.07) is 0. The molecule has 4 aliphatic carbocycles. The van der Waals surface area contributed by atoms with E-state index in [9.17, 15) is 20.3 Å². The quantitative estimate of drug-likeness (QED) is 0.272. The molecule has 4 fully saturated rings. The van der Waals surface area contributed by atoms with Crippen LogP contribution in [-0.2, 0) is 0 Å². The second kappa shape index (κ2) is 8.10. The van der Waals surface area contributed by atoms with E-state index in [1.54, 1.807) is 0 Å². The van der Waals surface area contributed by atoms with Crippen molar-refractivity contribution in [3.8, 4) is 0 Å². The predicted octanol–water partition coefficient (Wildman–Crippen LogP) is 3.00. The minimum atomic E-state index is -0.695. The second-order valence-corrected chi connectivity index (χ2v) is 11.0. The largest absolute Gasteiger partial charge is 0.393 e. The standard InChI is InChI=1S/C23H38N4O4/c1-21-9-7-17(28)12-15(21)4-5-19-18(21)8-10-22(2)16(6-11-23(19,22)29)13-25-26-20(24-3)14-27(30)31/h13,15-19,28-29H,4-12,14H2,1-3H3,(H,24,26)/b25-13+/t15-,16-,17+,18+,19-,21+,22-,23+/m1/s1. The van der Waals surface area contributed by atoms with Crippen molar-refractivity contribution in [3.63, 3.8) is 0 Å². The first-order valence-corrected chi connectivity index (χ1v) is 11.9. The first kappa shape index (κ1) is 22.6. The van der Waals surface area contributed by atoms with Gasteiger partial charge in [-0.1, -0.05) is 13.8 Å². The van der Waals surface area contributed by atoms with Crippen molar-refractivity contribution in [2.45, 2.75) is 83.3 Å². The summed E-state index contributed by atoms with van der Waals surface area (Å²) in [4.78, 5) is 14.2. The molecule has 3 N–H and O–H groups in total. The maximum atomic E-state index is 12.1. The third-order valence-electron chi connectivity index (χ3n) is 9.89. The second-order valence-electron chi connectivity index (χ2n) is 11.0. The van der Waals surface area contributed by atoms with E-state index in [-0.39, 0.29) is 35.2 Å². The van der Waals surface area contributed by atoms with Crippen LogP contribution < -0.4 is 5.43 Å². The van der Waals surface area contributed by atoms with Crippen LogP contribution in [0.3, 0.4) is 0 Å². The van der Waals surface area contributed by atoms with Crippen molar-refractivity contribution in [1.82, 2.24) is 5.43 Å². The number of amidine groups is 1. The van der Waals surface area contributed by atoms with Crippen LogP contribution in [0, 0.1) is 44.6 Å². The Labute approximate surface area is 184 Å². The molecule has 0 saturated heterocycles. The average Bonchev–Trinajstić information content (AvgIpc) is 2.98. The summed E-state index contributed by atoms with van der Waals surface area (Å²) in [6.07, 6.45) is 10.5. The van der Waals surface area contributed by atoms with Crippen molar-refractivity contribution in [2.24, 2.45) is 44.6 Å². The number of hydrogen-bond donors (Lipinski definition) is 3. The van der Waals surface area contributed by atoms with Crippen molar-refractivity contribution in [1.29, 1.82) is 0 Å². The Kier molecular flexibility index (Phi) is 5.92. The van der Waals surface area contributed by atoms with Gasteiger partial charge in [0.2, 0.25) is 0 Å². The van der Waals surface area contributed by atoms with Gasteiger partial charge in [0.25, 0.3) is 6.54 Å². The number of aliphatic hydroxyl groups excluding tert-OH is 1. The fourth-order valence-electron chi connectivity index (χ4n) is 7.96. The minimum Gasteiger partial charge on any atom is -0.393 e. The van der Waals surface area contributed by atoms with Crippen LogP contribution in [0.5, 0.6) is 0 Å². The van der Waals surface area contributed by atoms with Crippen molar-refractivity contribution in [2.75, 3.05) is 13.6 Å². The highest BCUT2D eigenvalue weighted by molar-refractivity contribution is 5.83. The zero-order valence-electron chi connectivity index (χ0n) is 19.1. The molecular weight excluding hydrogens is 396 g/mol. The molecule has 0 aromatic heterocycles. The van der Waals surface area contributed by atoms with Crippen LogP contribution in [0.2, 0.25) is 0 Å². The van der Waals surface area contributed by atoms with Gasteiger partial charge in [-0.2, -0.15) is 5.10 Å². The molecule has 0 heterocycles. The molecule has 8 heteroatoms. The number of aliphatic imine (C=N–C) groups is 1. The van der Waals surface area contributed by atoms with Crippen molar-refractivity contribution >= 4 is 12.1 Å². The molecular formula is C23H38N4O4. The van der Waals surface area contributed by atoms with Gasteiger partial charge < -0.3 is 10.2 Å². The summed E-state index contributed by atoms with van der Waals surface area (Å²) in [6.45, 7) is 4.26. The summed E-state index contributed by atoms with van der Waals surface area (Å²) in [7, 11) is 1.51. The van der Waals surface area contributed by atoms with Crippen molar-refractivity contribution in [3.05, 3.63) is 10.1 Å². The van der Waals surface area contributed by atoms with Crippen molar-refractivity contribution < 1.29 is 15.1 Å². The molecule has 4 aliphatic rings. The molecule has 0 radical (unpaired) electrons. The molecule has 0 bridgehead atoms.